The van der Waals surface area contributed by atoms with Crippen molar-refractivity contribution in [1.29, 1.82) is 0 Å². The van der Waals surface area contributed by atoms with Crippen LogP contribution in [0.15, 0.2) is 0 Å². The molecule has 0 aromatic heterocycles. The monoisotopic (exact) mass is 141 g/mol. The first kappa shape index (κ1) is 6.62. The first-order valence-corrected chi connectivity index (χ1v) is 4.21. The van der Waals surface area contributed by atoms with E-state index in [2.05, 4.69) is 5.32 Å². The highest BCUT2D eigenvalue weighted by molar-refractivity contribution is 4.89. The van der Waals surface area contributed by atoms with Gasteiger partial charge in [0.1, 0.15) is 0 Å². The third-order valence-electron chi connectivity index (χ3n) is 3.01. The normalized spacial score (nSPS) is 45.9. The van der Waals surface area contributed by atoms with Crippen molar-refractivity contribution >= 4 is 0 Å². The molecule has 0 radical (unpaired) electrons. The lowest BCUT2D eigenvalue weighted by atomic mass is 9.96. The van der Waals surface area contributed by atoms with E-state index in [1.54, 1.807) is 0 Å². The summed E-state index contributed by atoms with van der Waals surface area (Å²) in [6.07, 6.45) is 2.62. The number of fused-ring (bicyclic) bond motifs is 2. The van der Waals surface area contributed by atoms with Crippen molar-refractivity contribution in [2.45, 2.75) is 12.8 Å². The highest BCUT2D eigenvalue weighted by Gasteiger charge is 2.36. The summed E-state index contributed by atoms with van der Waals surface area (Å²) in [5.41, 5.74) is 0. The highest BCUT2D eigenvalue weighted by Crippen LogP contribution is 2.37. The fourth-order valence-electron chi connectivity index (χ4n) is 2.45. The molecule has 0 unspecified atom stereocenters. The van der Waals surface area contributed by atoms with Crippen molar-refractivity contribution < 1.29 is 5.11 Å². The molecule has 10 heavy (non-hydrogen) atoms. The first-order valence-electron chi connectivity index (χ1n) is 4.21. The minimum Gasteiger partial charge on any atom is -0.396 e. The zero-order valence-corrected chi connectivity index (χ0v) is 6.21. The van der Waals surface area contributed by atoms with Gasteiger partial charge in [-0.1, -0.05) is 0 Å². The van der Waals surface area contributed by atoms with Crippen LogP contribution in [0.5, 0.6) is 0 Å². The SMILES string of the molecule is OC[C@H]1C[C@@H]2CNC[C@H]1C2. The minimum atomic E-state index is 0.406. The maximum Gasteiger partial charge on any atom is 0.0462 e. The number of nitrogens with one attached hydrogen (secondary N) is 1. The van der Waals surface area contributed by atoms with Crippen LogP contribution < -0.4 is 5.32 Å². The lowest BCUT2D eigenvalue weighted by Crippen LogP contribution is -2.32. The Hall–Kier alpha value is -0.0800. The van der Waals surface area contributed by atoms with E-state index in [1.807, 2.05) is 0 Å². The van der Waals surface area contributed by atoms with E-state index in [9.17, 15) is 0 Å². The predicted molar refractivity (Wildman–Crippen MR) is 39.7 cm³/mol. The van der Waals surface area contributed by atoms with E-state index in [0.29, 0.717) is 12.5 Å². The van der Waals surface area contributed by atoms with Gasteiger partial charge >= 0.3 is 0 Å². The Balaban J connectivity index is 2.01. The van der Waals surface area contributed by atoms with Gasteiger partial charge < -0.3 is 10.4 Å². The second-order valence-corrected chi connectivity index (χ2v) is 3.70. The number of hydrogen-bond acceptors (Lipinski definition) is 2. The molecule has 2 rings (SSSR count). The zero-order valence-electron chi connectivity index (χ0n) is 6.21. The number of piperidine rings is 1. The van der Waals surface area contributed by atoms with E-state index >= 15 is 0 Å². The van der Waals surface area contributed by atoms with Gasteiger partial charge in [-0.3, -0.25) is 0 Å². The maximum absolute atomic E-state index is 8.99. The fraction of sp³-hybridized carbons (Fsp3) is 1.00. The molecule has 58 valence electrons. The summed E-state index contributed by atoms with van der Waals surface area (Å²) in [5.74, 6) is 2.26. The van der Waals surface area contributed by atoms with Crippen LogP contribution in [0, 0.1) is 17.8 Å². The van der Waals surface area contributed by atoms with Gasteiger partial charge in [0.2, 0.25) is 0 Å². The van der Waals surface area contributed by atoms with E-state index in [4.69, 9.17) is 5.11 Å². The third-order valence-corrected chi connectivity index (χ3v) is 3.01. The molecule has 1 saturated carbocycles. The molecular formula is C8H15NO. The molecule has 2 aliphatic rings. The van der Waals surface area contributed by atoms with Crippen LogP contribution in [0.3, 0.4) is 0 Å². The molecule has 2 heteroatoms. The fourth-order valence-corrected chi connectivity index (χ4v) is 2.45. The molecule has 0 aromatic rings. The van der Waals surface area contributed by atoms with E-state index in [0.717, 1.165) is 18.4 Å². The van der Waals surface area contributed by atoms with Gasteiger partial charge in [0.25, 0.3) is 0 Å². The Morgan fingerprint density at radius 2 is 2.20 bits per heavy atom. The van der Waals surface area contributed by atoms with E-state index < -0.39 is 0 Å². The van der Waals surface area contributed by atoms with Crippen molar-refractivity contribution in [2.24, 2.45) is 17.8 Å². The standard InChI is InChI=1S/C8H15NO/c10-5-8-2-6-1-7(8)4-9-3-6/h6-10H,1-5H2/t6-,7-,8-/m1/s1. The largest absolute Gasteiger partial charge is 0.396 e. The lowest BCUT2D eigenvalue weighted by molar-refractivity contribution is 0.195. The molecule has 0 spiro atoms. The minimum absolute atomic E-state index is 0.406. The molecule has 1 aliphatic heterocycles. The quantitative estimate of drug-likeness (QED) is 0.547. The molecule has 0 amide bonds. The summed E-state index contributed by atoms with van der Waals surface area (Å²) < 4.78 is 0. The molecule has 1 aliphatic carbocycles. The molecular weight excluding hydrogens is 126 g/mol. The van der Waals surface area contributed by atoms with Gasteiger partial charge in [0.05, 0.1) is 0 Å². The van der Waals surface area contributed by atoms with E-state index in [1.165, 1.54) is 19.4 Å². The number of hydrogen-bond donors (Lipinski definition) is 2. The Kier molecular flexibility index (Phi) is 1.66. The van der Waals surface area contributed by atoms with Crippen molar-refractivity contribution in [3.05, 3.63) is 0 Å². The molecule has 1 saturated heterocycles. The van der Waals surface area contributed by atoms with Crippen molar-refractivity contribution in [3.63, 3.8) is 0 Å². The highest BCUT2D eigenvalue weighted by atomic mass is 16.3. The average molecular weight is 141 g/mol. The summed E-state index contributed by atoms with van der Waals surface area (Å²) >= 11 is 0. The predicted octanol–water partition coefficient (Wildman–Crippen LogP) is 0.224. The Labute approximate surface area is 61.6 Å². The lowest BCUT2D eigenvalue weighted by Gasteiger charge is -2.20. The third kappa shape index (κ3) is 0.956. The summed E-state index contributed by atoms with van der Waals surface area (Å²) in [4.78, 5) is 0. The van der Waals surface area contributed by atoms with Gasteiger partial charge in [-0.15, -0.1) is 0 Å². The van der Waals surface area contributed by atoms with Crippen LogP contribution in [0.4, 0.5) is 0 Å². The van der Waals surface area contributed by atoms with Crippen LogP contribution in [-0.2, 0) is 0 Å². The van der Waals surface area contributed by atoms with Crippen LogP contribution in [0.2, 0.25) is 0 Å². The Morgan fingerprint density at radius 3 is 2.90 bits per heavy atom. The number of rotatable bonds is 1. The summed E-state index contributed by atoms with van der Waals surface area (Å²) in [6, 6.07) is 0. The Morgan fingerprint density at radius 1 is 1.30 bits per heavy atom. The van der Waals surface area contributed by atoms with Crippen LogP contribution in [0.25, 0.3) is 0 Å². The first-order chi connectivity index (χ1) is 4.90. The molecule has 0 aromatic carbocycles. The average Bonchev–Trinajstić information content (AvgIpc) is 2.26. The molecule has 2 fully saturated rings. The van der Waals surface area contributed by atoms with Gasteiger partial charge in [-0.2, -0.15) is 0 Å². The van der Waals surface area contributed by atoms with Gasteiger partial charge in [0.15, 0.2) is 0 Å². The Bertz CT molecular complexity index is 126. The summed E-state index contributed by atoms with van der Waals surface area (Å²) in [7, 11) is 0. The topological polar surface area (TPSA) is 32.3 Å². The molecule has 2 nitrogen and oxygen atoms in total. The molecule has 1 heterocycles. The van der Waals surface area contributed by atoms with Crippen molar-refractivity contribution in [2.75, 3.05) is 19.7 Å². The second-order valence-electron chi connectivity index (χ2n) is 3.70. The molecule has 2 N–H and O–H groups in total. The number of aliphatic hydroxyl groups excluding tert-OH is 1. The van der Waals surface area contributed by atoms with Gasteiger partial charge in [-0.25, -0.2) is 0 Å². The van der Waals surface area contributed by atoms with Gasteiger partial charge in [0, 0.05) is 6.61 Å². The smallest absolute Gasteiger partial charge is 0.0462 e. The maximum atomic E-state index is 8.99. The van der Waals surface area contributed by atoms with Crippen LogP contribution in [0.1, 0.15) is 12.8 Å². The molecule has 3 atom stereocenters. The van der Waals surface area contributed by atoms with Crippen molar-refractivity contribution in [3.8, 4) is 0 Å². The van der Waals surface area contributed by atoms with Crippen molar-refractivity contribution in [1.82, 2.24) is 5.32 Å². The summed E-state index contributed by atoms with van der Waals surface area (Å²) in [5, 5.41) is 12.4. The zero-order chi connectivity index (χ0) is 6.97. The van der Waals surface area contributed by atoms with E-state index in [-0.39, 0.29) is 0 Å². The summed E-state index contributed by atoms with van der Waals surface area (Å²) in [6.45, 7) is 2.73. The number of aliphatic hydroxyl groups is 1. The van der Waals surface area contributed by atoms with Crippen LogP contribution in [-0.4, -0.2) is 24.8 Å². The second kappa shape index (κ2) is 2.51. The van der Waals surface area contributed by atoms with Gasteiger partial charge in [-0.05, 0) is 43.7 Å². The molecule has 2 bridgehead atoms. The van der Waals surface area contributed by atoms with Crippen LogP contribution >= 0.6 is 0 Å².